The number of hydrogen-bond donors (Lipinski definition) is 1. The summed E-state index contributed by atoms with van der Waals surface area (Å²) in [6, 6.07) is 16.9. The van der Waals surface area contributed by atoms with Crippen molar-refractivity contribution in [1.82, 2.24) is 4.72 Å². The third-order valence-corrected chi connectivity index (χ3v) is 5.02. The highest BCUT2D eigenvalue weighted by molar-refractivity contribution is 7.89. The van der Waals surface area contributed by atoms with Gasteiger partial charge in [0.2, 0.25) is 10.0 Å². The third-order valence-electron chi connectivity index (χ3n) is 3.24. The molecule has 0 heterocycles. The molecule has 124 valence electrons. The van der Waals surface area contributed by atoms with Crippen LogP contribution in [0, 0.1) is 0 Å². The second-order valence-electron chi connectivity index (χ2n) is 5.08. The summed E-state index contributed by atoms with van der Waals surface area (Å²) in [7, 11) is -3.28. The van der Waals surface area contributed by atoms with Gasteiger partial charge in [-0.15, -0.1) is 0 Å². The number of benzene rings is 2. The maximum atomic E-state index is 11.9. The van der Waals surface area contributed by atoms with Crippen molar-refractivity contribution in [2.24, 2.45) is 0 Å². The number of para-hydroxylation sites is 1. The van der Waals surface area contributed by atoms with Crippen LogP contribution in [0.5, 0.6) is 5.75 Å². The molecule has 0 aliphatic heterocycles. The monoisotopic (exact) mass is 353 g/mol. The topological polar surface area (TPSA) is 55.4 Å². The summed E-state index contributed by atoms with van der Waals surface area (Å²) in [4.78, 5) is 0. The molecular formula is C17H20ClNO3S. The molecule has 6 heteroatoms. The summed E-state index contributed by atoms with van der Waals surface area (Å²) in [6.07, 6.45) is 1.34. The van der Waals surface area contributed by atoms with E-state index >= 15 is 0 Å². The zero-order valence-electron chi connectivity index (χ0n) is 12.7. The molecule has 0 aromatic heterocycles. The molecule has 1 N–H and O–H groups in total. The van der Waals surface area contributed by atoms with E-state index < -0.39 is 10.0 Å². The van der Waals surface area contributed by atoms with Crippen LogP contribution in [0.15, 0.2) is 54.6 Å². The number of sulfonamides is 1. The van der Waals surface area contributed by atoms with Gasteiger partial charge in [-0.05, 0) is 30.5 Å². The number of aryl methyl sites for hydroxylation is 1. The minimum Gasteiger partial charge on any atom is -0.491 e. The molecule has 0 aliphatic rings. The molecule has 0 saturated heterocycles. The Morgan fingerprint density at radius 2 is 1.70 bits per heavy atom. The Labute approximate surface area is 142 Å². The van der Waals surface area contributed by atoms with Crippen LogP contribution in [0.25, 0.3) is 0 Å². The molecule has 0 unspecified atom stereocenters. The molecule has 0 radical (unpaired) electrons. The molecule has 0 saturated carbocycles. The van der Waals surface area contributed by atoms with E-state index in [9.17, 15) is 8.42 Å². The summed E-state index contributed by atoms with van der Waals surface area (Å²) >= 11 is 5.96. The first kappa shape index (κ1) is 17.8. The number of nitrogens with one attached hydrogen (secondary N) is 1. The average molecular weight is 354 g/mol. The SMILES string of the molecule is O=S(=O)(CCCc1ccccc1)NCCOc1ccccc1Cl. The largest absolute Gasteiger partial charge is 0.491 e. The van der Waals surface area contributed by atoms with E-state index in [1.807, 2.05) is 42.5 Å². The predicted octanol–water partition coefficient (Wildman–Crippen LogP) is 3.27. The normalized spacial score (nSPS) is 11.3. The summed E-state index contributed by atoms with van der Waals surface area (Å²) in [5.74, 6) is 0.658. The number of rotatable bonds is 9. The molecular weight excluding hydrogens is 334 g/mol. The van der Waals surface area contributed by atoms with Gasteiger partial charge in [0.05, 0.1) is 10.8 Å². The van der Waals surface area contributed by atoms with Crippen molar-refractivity contribution in [3.63, 3.8) is 0 Å². The van der Waals surface area contributed by atoms with E-state index in [1.165, 1.54) is 0 Å². The molecule has 0 bridgehead atoms. The maximum Gasteiger partial charge on any atom is 0.211 e. The molecule has 0 amide bonds. The van der Waals surface area contributed by atoms with Crippen LogP contribution >= 0.6 is 11.6 Å². The van der Waals surface area contributed by atoms with Crippen molar-refractivity contribution in [3.05, 3.63) is 65.2 Å². The Bertz CT molecular complexity index is 705. The average Bonchev–Trinajstić information content (AvgIpc) is 2.54. The lowest BCUT2D eigenvalue weighted by atomic mass is 10.1. The fourth-order valence-corrected chi connectivity index (χ4v) is 3.36. The first-order chi connectivity index (χ1) is 11.1. The Hall–Kier alpha value is -1.56. The predicted molar refractivity (Wildman–Crippen MR) is 93.5 cm³/mol. The maximum absolute atomic E-state index is 11.9. The van der Waals surface area contributed by atoms with Crippen LogP contribution in [-0.4, -0.2) is 27.3 Å². The van der Waals surface area contributed by atoms with Gasteiger partial charge < -0.3 is 4.74 Å². The molecule has 23 heavy (non-hydrogen) atoms. The van der Waals surface area contributed by atoms with Crippen LogP contribution in [0.3, 0.4) is 0 Å². The van der Waals surface area contributed by atoms with Crippen LogP contribution < -0.4 is 9.46 Å². The fourth-order valence-electron chi connectivity index (χ4n) is 2.10. The van der Waals surface area contributed by atoms with Crippen molar-refractivity contribution in [2.45, 2.75) is 12.8 Å². The fraction of sp³-hybridized carbons (Fsp3) is 0.294. The molecule has 0 atom stereocenters. The smallest absolute Gasteiger partial charge is 0.211 e. The van der Waals surface area contributed by atoms with Crippen molar-refractivity contribution >= 4 is 21.6 Å². The quantitative estimate of drug-likeness (QED) is 0.704. The van der Waals surface area contributed by atoms with Crippen LogP contribution in [-0.2, 0) is 16.4 Å². The Morgan fingerprint density at radius 1 is 1.00 bits per heavy atom. The number of ether oxygens (including phenoxy) is 1. The molecule has 2 aromatic rings. The number of halogens is 1. The van der Waals surface area contributed by atoms with Gasteiger partial charge >= 0.3 is 0 Å². The van der Waals surface area contributed by atoms with Crippen molar-refractivity contribution in [3.8, 4) is 5.75 Å². The van der Waals surface area contributed by atoms with Crippen molar-refractivity contribution in [2.75, 3.05) is 18.9 Å². The van der Waals surface area contributed by atoms with Gasteiger partial charge in [-0.3, -0.25) is 0 Å². The highest BCUT2D eigenvalue weighted by Crippen LogP contribution is 2.22. The van der Waals surface area contributed by atoms with E-state index in [1.54, 1.807) is 12.1 Å². The van der Waals surface area contributed by atoms with Gasteiger partial charge in [-0.2, -0.15) is 0 Å². The lowest BCUT2D eigenvalue weighted by Gasteiger charge is -2.09. The van der Waals surface area contributed by atoms with E-state index in [0.29, 0.717) is 17.2 Å². The lowest BCUT2D eigenvalue weighted by Crippen LogP contribution is -2.30. The summed E-state index contributed by atoms with van der Waals surface area (Å²) in [6.45, 7) is 0.459. The molecule has 2 aromatic carbocycles. The van der Waals surface area contributed by atoms with Crippen LogP contribution in [0.4, 0.5) is 0 Å². The zero-order chi connectivity index (χ0) is 16.5. The van der Waals surface area contributed by atoms with Gasteiger partial charge in [0, 0.05) is 6.54 Å². The van der Waals surface area contributed by atoms with Gasteiger partial charge in [0.15, 0.2) is 0 Å². The van der Waals surface area contributed by atoms with Gasteiger partial charge in [0.1, 0.15) is 12.4 Å². The molecule has 0 fully saturated rings. The van der Waals surface area contributed by atoms with Gasteiger partial charge in [-0.1, -0.05) is 54.1 Å². The molecule has 4 nitrogen and oxygen atoms in total. The second kappa shape index (κ2) is 8.91. The third kappa shape index (κ3) is 6.60. The zero-order valence-corrected chi connectivity index (χ0v) is 14.3. The minimum absolute atomic E-state index is 0.105. The lowest BCUT2D eigenvalue weighted by molar-refractivity contribution is 0.323. The molecule has 2 rings (SSSR count). The van der Waals surface area contributed by atoms with E-state index in [2.05, 4.69) is 4.72 Å². The Balaban J connectivity index is 1.67. The Kier molecular flexibility index (Phi) is 6.89. The minimum atomic E-state index is -3.28. The van der Waals surface area contributed by atoms with Crippen molar-refractivity contribution < 1.29 is 13.2 Å². The standard InChI is InChI=1S/C17H20ClNO3S/c18-16-10-4-5-11-17(16)22-13-12-19-23(20,21)14-6-9-15-7-2-1-3-8-15/h1-5,7-8,10-11,19H,6,9,12-14H2. The number of hydrogen-bond acceptors (Lipinski definition) is 3. The van der Waals surface area contributed by atoms with E-state index in [0.717, 1.165) is 12.0 Å². The van der Waals surface area contributed by atoms with Gasteiger partial charge in [0.25, 0.3) is 0 Å². The van der Waals surface area contributed by atoms with Crippen molar-refractivity contribution in [1.29, 1.82) is 0 Å². The van der Waals surface area contributed by atoms with E-state index in [4.69, 9.17) is 16.3 Å². The second-order valence-corrected chi connectivity index (χ2v) is 7.41. The summed E-state index contributed by atoms with van der Waals surface area (Å²) in [5, 5.41) is 0.512. The van der Waals surface area contributed by atoms with E-state index in [-0.39, 0.29) is 18.9 Å². The first-order valence-electron chi connectivity index (χ1n) is 7.45. The molecule has 0 spiro atoms. The highest BCUT2D eigenvalue weighted by Gasteiger charge is 2.09. The van der Waals surface area contributed by atoms with Crippen LogP contribution in [0.2, 0.25) is 5.02 Å². The first-order valence-corrected chi connectivity index (χ1v) is 9.48. The van der Waals surface area contributed by atoms with Gasteiger partial charge in [-0.25, -0.2) is 13.1 Å². The van der Waals surface area contributed by atoms with Crippen LogP contribution in [0.1, 0.15) is 12.0 Å². The summed E-state index contributed by atoms with van der Waals surface area (Å²) in [5.41, 5.74) is 1.14. The highest BCUT2D eigenvalue weighted by atomic mass is 35.5. The molecule has 0 aliphatic carbocycles. The Morgan fingerprint density at radius 3 is 2.43 bits per heavy atom. The summed E-state index contributed by atoms with van der Waals surface area (Å²) < 4.78 is 31.8.